The zero-order valence-electron chi connectivity index (χ0n) is 10.7. The average Bonchev–Trinajstić information content (AvgIpc) is 2.31. The Kier molecular flexibility index (Phi) is 3.72. The van der Waals surface area contributed by atoms with Gasteiger partial charge < -0.3 is 15.4 Å². The second-order valence-electron chi connectivity index (χ2n) is 4.56. The van der Waals surface area contributed by atoms with Gasteiger partial charge in [-0.25, -0.2) is 4.98 Å². The van der Waals surface area contributed by atoms with Gasteiger partial charge in [0, 0.05) is 13.1 Å². The summed E-state index contributed by atoms with van der Waals surface area (Å²) in [6.45, 7) is 1.62. The van der Waals surface area contributed by atoms with Crippen LogP contribution in [0.25, 0.3) is 0 Å². The highest BCUT2D eigenvalue weighted by Gasteiger charge is 2.41. The molecule has 1 aromatic rings. The van der Waals surface area contributed by atoms with Crippen LogP contribution in [-0.4, -0.2) is 36.5 Å². The van der Waals surface area contributed by atoms with Crippen molar-refractivity contribution in [1.29, 1.82) is 5.26 Å². The molecule has 2 heterocycles. The van der Waals surface area contributed by atoms with Gasteiger partial charge >= 0.3 is 6.18 Å². The second kappa shape index (κ2) is 5.17. The number of hydrogen-bond acceptors (Lipinski definition) is 5. The van der Waals surface area contributed by atoms with Crippen molar-refractivity contribution in [2.75, 3.05) is 23.7 Å². The third-order valence-electron chi connectivity index (χ3n) is 3.06. The van der Waals surface area contributed by atoms with Crippen molar-refractivity contribution in [1.82, 2.24) is 4.98 Å². The van der Waals surface area contributed by atoms with Crippen molar-refractivity contribution in [2.45, 2.75) is 25.3 Å². The summed E-state index contributed by atoms with van der Waals surface area (Å²) < 4.78 is 41.9. The number of ether oxygens (including phenoxy) is 1. The lowest BCUT2D eigenvalue weighted by Gasteiger charge is -2.41. The predicted molar refractivity (Wildman–Crippen MR) is 66.0 cm³/mol. The van der Waals surface area contributed by atoms with E-state index in [9.17, 15) is 13.2 Å². The van der Waals surface area contributed by atoms with Gasteiger partial charge in [0.05, 0.1) is 11.7 Å². The molecule has 1 saturated heterocycles. The molecule has 0 saturated carbocycles. The van der Waals surface area contributed by atoms with E-state index in [2.05, 4.69) is 4.98 Å². The van der Waals surface area contributed by atoms with E-state index in [1.165, 1.54) is 6.07 Å². The number of nitriles is 1. The topological polar surface area (TPSA) is 75.2 Å². The van der Waals surface area contributed by atoms with Gasteiger partial charge in [-0.1, -0.05) is 0 Å². The second-order valence-corrected chi connectivity index (χ2v) is 4.56. The first-order valence-electron chi connectivity index (χ1n) is 5.95. The molecule has 0 spiro atoms. The highest BCUT2D eigenvalue weighted by atomic mass is 19.4. The third kappa shape index (κ3) is 2.93. The minimum absolute atomic E-state index is 0.109. The normalized spacial score (nSPS) is 17.4. The molecule has 5 nitrogen and oxygen atoms in total. The molecular weight excluding hydrogens is 273 g/mol. The monoisotopic (exact) mass is 286 g/mol. The van der Waals surface area contributed by atoms with Gasteiger partial charge in [-0.05, 0) is 19.1 Å². The van der Waals surface area contributed by atoms with Gasteiger partial charge in [0.25, 0.3) is 0 Å². The van der Waals surface area contributed by atoms with E-state index in [0.29, 0.717) is 18.9 Å². The van der Waals surface area contributed by atoms with Crippen LogP contribution in [0.4, 0.5) is 24.8 Å². The molecule has 1 aliphatic rings. The van der Waals surface area contributed by atoms with E-state index in [1.807, 2.05) is 6.07 Å². The van der Waals surface area contributed by atoms with Crippen molar-refractivity contribution in [3.63, 3.8) is 0 Å². The van der Waals surface area contributed by atoms with Crippen LogP contribution in [0.2, 0.25) is 0 Å². The summed E-state index contributed by atoms with van der Waals surface area (Å²) in [5, 5.41) is 8.73. The SMILES string of the molecule is CC(OC1CN(c2ccc(C#N)c(N)n2)C1)C(F)(F)F. The first-order valence-corrected chi connectivity index (χ1v) is 5.95. The minimum Gasteiger partial charge on any atom is -0.383 e. The molecule has 0 radical (unpaired) electrons. The quantitative estimate of drug-likeness (QED) is 0.915. The third-order valence-corrected chi connectivity index (χ3v) is 3.06. The molecule has 8 heteroatoms. The van der Waals surface area contributed by atoms with Crippen molar-refractivity contribution in [3.05, 3.63) is 17.7 Å². The van der Waals surface area contributed by atoms with Gasteiger partial charge in [-0.15, -0.1) is 0 Å². The number of rotatable bonds is 3. The summed E-state index contributed by atoms with van der Waals surface area (Å²) in [6.07, 6.45) is -6.61. The molecule has 2 rings (SSSR count). The molecule has 0 bridgehead atoms. The molecule has 0 aromatic carbocycles. The number of nitrogens with zero attached hydrogens (tertiary/aromatic N) is 3. The largest absolute Gasteiger partial charge is 0.414 e. The average molecular weight is 286 g/mol. The van der Waals surface area contributed by atoms with E-state index >= 15 is 0 Å². The van der Waals surface area contributed by atoms with Crippen LogP contribution in [0.15, 0.2) is 12.1 Å². The molecule has 2 N–H and O–H groups in total. The summed E-state index contributed by atoms with van der Waals surface area (Å²) in [7, 11) is 0. The predicted octanol–water partition coefficient (Wildman–Crippen LogP) is 1.69. The first-order chi connectivity index (χ1) is 9.31. The molecule has 108 valence electrons. The number of hydrogen-bond donors (Lipinski definition) is 1. The van der Waals surface area contributed by atoms with Crippen LogP contribution in [0.3, 0.4) is 0 Å². The van der Waals surface area contributed by atoms with Gasteiger partial charge in [0.2, 0.25) is 0 Å². The molecule has 1 fully saturated rings. The molecule has 1 aliphatic heterocycles. The van der Waals surface area contributed by atoms with E-state index in [4.69, 9.17) is 15.7 Å². The number of aromatic nitrogens is 1. The molecule has 20 heavy (non-hydrogen) atoms. The highest BCUT2D eigenvalue weighted by Crippen LogP contribution is 2.28. The van der Waals surface area contributed by atoms with Crippen LogP contribution >= 0.6 is 0 Å². The van der Waals surface area contributed by atoms with E-state index in [0.717, 1.165) is 6.92 Å². The summed E-state index contributed by atoms with van der Waals surface area (Å²) in [4.78, 5) is 5.77. The molecule has 0 amide bonds. The number of pyridine rings is 1. The Morgan fingerprint density at radius 3 is 2.65 bits per heavy atom. The van der Waals surface area contributed by atoms with Crippen molar-refractivity contribution >= 4 is 11.6 Å². The number of nitrogens with two attached hydrogens (primary N) is 1. The Morgan fingerprint density at radius 2 is 2.15 bits per heavy atom. The summed E-state index contributed by atoms with van der Waals surface area (Å²) in [6, 6.07) is 5.03. The maximum atomic E-state index is 12.3. The van der Waals surface area contributed by atoms with Gasteiger partial charge in [-0.3, -0.25) is 0 Å². The minimum atomic E-state index is -4.35. The Balaban J connectivity index is 1.91. The molecule has 0 aliphatic carbocycles. The molecular formula is C12H13F3N4O. The fourth-order valence-corrected chi connectivity index (χ4v) is 1.81. The summed E-state index contributed by atoms with van der Waals surface area (Å²) >= 11 is 0. The lowest BCUT2D eigenvalue weighted by Crippen LogP contribution is -2.54. The maximum absolute atomic E-state index is 12.3. The van der Waals surface area contributed by atoms with E-state index in [1.54, 1.807) is 11.0 Å². The van der Waals surface area contributed by atoms with E-state index < -0.39 is 18.4 Å². The number of nitrogen functional groups attached to an aromatic ring is 1. The van der Waals surface area contributed by atoms with Crippen LogP contribution in [0.5, 0.6) is 0 Å². The van der Waals surface area contributed by atoms with Crippen LogP contribution < -0.4 is 10.6 Å². The van der Waals surface area contributed by atoms with Crippen LogP contribution in [0, 0.1) is 11.3 Å². The lowest BCUT2D eigenvalue weighted by atomic mass is 10.1. The van der Waals surface area contributed by atoms with Gasteiger partial charge in [0.15, 0.2) is 6.10 Å². The van der Waals surface area contributed by atoms with Crippen LogP contribution in [-0.2, 0) is 4.74 Å². The maximum Gasteiger partial charge on any atom is 0.414 e. The fourth-order valence-electron chi connectivity index (χ4n) is 1.81. The van der Waals surface area contributed by atoms with Crippen LogP contribution in [0.1, 0.15) is 12.5 Å². The Labute approximate surface area is 113 Å². The van der Waals surface area contributed by atoms with Crippen molar-refractivity contribution in [3.8, 4) is 6.07 Å². The smallest absolute Gasteiger partial charge is 0.383 e. The standard InChI is InChI=1S/C12H13F3N4O/c1-7(12(13,14)15)20-9-5-19(6-9)10-3-2-8(4-16)11(17)18-10/h2-3,7,9H,5-6H2,1H3,(H2,17,18). The van der Waals surface area contributed by atoms with Gasteiger partial charge in [-0.2, -0.15) is 18.4 Å². The molecule has 1 aromatic heterocycles. The zero-order chi connectivity index (χ0) is 14.9. The summed E-state index contributed by atoms with van der Waals surface area (Å²) in [5.41, 5.74) is 5.85. The first kappa shape index (κ1) is 14.4. The van der Waals surface area contributed by atoms with Gasteiger partial charge in [0.1, 0.15) is 17.7 Å². The highest BCUT2D eigenvalue weighted by molar-refractivity contribution is 5.55. The fraction of sp³-hybridized carbons (Fsp3) is 0.500. The Morgan fingerprint density at radius 1 is 1.50 bits per heavy atom. The Bertz CT molecular complexity index is 534. The Hall–Kier alpha value is -2.01. The summed E-state index contributed by atoms with van der Waals surface area (Å²) in [5.74, 6) is 0.638. The van der Waals surface area contributed by atoms with E-state index in [-0.39, 0.29) is 11.4 Å². The van der Waals surface area contributed by atoms with Crippen molar-refractivity contribution < 1.29 is 17.9 Å². The number of anilines is 2. The molecule has 1 atom stereocenters. The lowest BCUT2D eigenvalue weighted by molar-refractivity contribution is -0.228. The number of halogens is 3. The zero-order valence-corrected chi connectivity index (χ0v) is 10.7. The molecule has 1 unspecified atom stereocenters. The van der Waals surface area contributed by atoms with Crippen molar-refractivity contribution in [2.24, 2.45) is 0 Å². The number of alkyl halides is 3.